The summed E-state index contributed by atoms with van der Waals surface area (Å²) in [4.78, 5) is 24.1. The van der Waals surface area contributed by atoms with Gasteiger partial charge in [0.15, 0.2) is 0 Å². The summed E-state index contributed by atoms with van der Waals surface area (Å²) in [5.74, 6) is 0.229. The van der Waals surface area contributed by atoms with Gasteiger partial charge in [-0.15, -0.1) is 0 Å². The van der Waals surface area contributed by atoms with Crippen molar-refractivity contribution in [2.75, 3.05) is 33.0 Å². The van der Waals surface area contributed by atoms with E-state index in [1.165, 1.54) is 25.7 Å². The van der Waals surface area contributed by atoms with Crippen LogP contribution in [-0.2, 0) is 23.8 Å². The van der Waals surface area contributed by atoms with E-state index in [0.717, 1.165) is 32.3 Å². The van der Waals surface area contributed by atoms with Gasteiger partial charge in [0.25, 0.3) is 0 Å². The first-order valence-electron chi connectivity index (χ1n) is 13.1. The molecule has 0 aromatic heterocycles. The van der Waals surface area contributed by atoms with E-state index in [2.05, 4.69) is 19.1 Å². The van der Waals surface area contributed by atoms with E-state index in [-0.39, 0.29) is 42.2 Å². The lowest BCUT2D eigenvalue weighted by Crippen LogP contribution is -2.21. The second kappa shape index (κ2) is 19.1. The SMILES string of the molecule is CCCCCCCOCCOCC[C@H]1C(CO)CC(=O)C1CC=CCCCC(=O)OC(C)C. The zero-order chi connectivity index (χ0) is 24.3. The molecule has 6 nitrogen and oxygen atoms in total. The molecule has 1 rings (SSSR count). The van der Waals surface area contributed by atoms with E-state index in [1.807, 2.05) is 13.8 Å². The van der Waals surface area contributed by atoms with Crippen molar-refractivity contribution in [2.45, 2.75) is 97.5 Å². The van der Waals surface area contributed by atoms with E-state index in [4.69, 9.17) is 14.2 Å². The summed E-state index contributed by atoms with van der Waals surface area (Å²) in [6, 6.07) is 0. The summed E-state index contributed by atoms with van der Waals surface area (Å²) in [5.41, 5.74) is 0. The molecule has 192 valence electrons. The second-order valence-corrected chi connectivity index (χ2v) is 9.45. The predicted molar refractivity (Wildman–Crippen MR) is 131 cm³/mol. The van der Waals surface area contributed by atoms with E-state index in [0.29, 0.717) is 39.1 Å². The van der Waals surface area contributed by atoms with Gasteiger partial charge in [-0.3, -0.25) is 9.59 Å². The maximum atomic E-state index is 12.5. The lowest BCUT2D eigenvalue weighted by atomic mass is 9.85. The maximum absolute atomic E-state index is 12.5. The molecule has 0 aromatic rings. The summed E-state index contributed by atoms with van der Waals surface area (Å²) in [6.07, 6.45) is 14.1. The smallest absolute Gasteiger partial charge is 0.306 e. The van der Waals surface area contributed by atoms with Crippen molar-refractivity contribution in [3.8, 4) is 0 Å². The molecule has 2 unspecified atom stereocenters. The van der Waals surface area contributed by atoms with Crippen LogP contribution < -0.4 is 0 Å². The minimum atomic E-state index is -0.160. The van der Waals surface area contributed by atoms with Crippen molar-refractivity contribution in [3.05, 3.63) is 12.2 Å². The Hall–Kier alpha value is -1.24. The Morgan fingerprint density at radius 1 is 1.03 bits per heavy atom. The lowest BCUT2D eigenvalue weighted by molar-refractivity contribution is -0.147. The van der Waals surface area contributed by atoms with Crippen molar-refractivity contribution < 1.29 is 28.9 Å². The van der Waals surface area contributed by atoms with Crippen molar-refractivity contribution in [1.82, 2.24) is 0 Å². The van der Waals surface area contributed by atoms with Gasteiger partial charge >= 0.3 is 5.97 Å². The molecule has 1 fully saturated rings. The van der Waals surface area contributed by atoms with Gasteiger partial charge in [0.05, 0.1) is 19.3 Å². The minimum Gasteiger partial charge on any atom is -0.463 e. The highest BCUT2D eigenvalue weighted by Gasteiger charge is 2.40. The predicted octanol–water partition coefficient (Wildman–Crippen LogP) is 5.26. The van der Waals surface area contributed by atoms with Gasteiger partial charge < -0.3 is 19.3 Å². The molecule has 0 aliphatic heterocycles. The molecular weight excluding hydrogens is 420 g/mol. The number of hydrogen-bond donors (Lipinski definition) is 1. The molecular formula is C27H48O6. The van der Waals surface area contributed by atoms with Gasteiger partial charge in [-0.25, -0.2) is 0 Å². The number of aliphatic hydroxyl groups is 1. The van der Waals surface area contributed by atoms with Crippen LogP contribution in [0.4, 0.5) is 0 Å². The number of ether oxygens (including phenoxy) is 3. The first-order valence-corrected chi connectivity index (χ1v) is 13.1. The second-order valence-electron chi connectivity index (χ2n) is 9.45. The van der Waals surface area contributed by atoms with Crippen LogP contribution in [0.5, 0.6) is 0 Å². The molecule has 0 aromatic carbocycles. The highest BCUT2D eigenvalue weighted by atomic mass is 16.5. The zero-order valence-corrected chi connectivity index (χ0v) is 21.3. The first kappa shape index (κ1) is 29.8. The highest BCUT2D eigenvalue weighted by molar-refractivity contribution is 5.84. The molecule has 0 spiro atoms. The largest absolute Gasteiger partial charge is 0.463 e. The molecule has 33 heavy (non-hydrogen) atoms. The number of hydrogen-bond acceptors (Lipinski definition) is 6. The van der Waals surface area contributed by atoms with E-state index in [9.17, 15) is 14.7 Å². The molecule has 0 heterocycles. The molecule has 6 heteroatoms. The molecule has 0 radical (unpaired) electrons. The number of allylic oxidation sites excluding steroid dienone is 2. The lowest BCUT2D eigenvalue weighted by Gasteiger charge is -2.22. The Labute approximate surface area is 201 Å². The minimum absolute atomic E-state index is 0.0321. The zero-order valence-electron chi connectivity index (χ0n) is 21.3. The van der Waals surface area contributed by atoms with Gasteiger partial charge in [-0.2, -0.15) is 0 Å². The number of esters is 1. The molecule has 1 aliphatic rings. The van der Waals surface area contributed by atoms with Gasteiger partial charge in [0, 0.05) is 38.6 Å². The first-order chi connectivity index (χ1) is 16.0. The van der Waals surface area contributed by atoms with Crippen LogP contribution in [0.2, 0.25) is 0 Å². The Morgan fingerprint density at radius 3 is 2.45 bits per heavy atom. The summed E-state index contributed by atoms with van der Waals surface area (Å²) in [7, 11) is 0. The molecule has 1 N–H and O–H groups in total. The van der Waals surface area contributed by atoms with Gasteiger partial charge in [0.1, 0.15) is 5.78 Å². The fourth-order valence-corrected chi connectivity index (χ4v) is 4.47. The number of rotatable bonds is 20. The number of unbranched alkanes of at least 4 members (excludes halogenated alkanes) is 5. The van der Waals surface area contributed by atoms with Gasteiger partial charge in [-0.1, -0.05) is 44.8 Å². The number of carbonyl (C=O) groups is 2. The number of Topliss-reactive ketones (excluding diaryl/α,β-unsaturated/α-hetero) is 1. The third-order valence-corrected chi connectivity index (χ3v) is 6.27. The Bertz CT molecular complexity index is 545. The molecule has 3 atom stereocenters. The summed E-state index contributed by atoms with van der Waals surface area (Å²) >= 11 is 0. The Morgan fingerprint density at radius 2 is 1.76 bits per heavy atom. The van der Waals surface area contributed by atoms with Gasteiger partial charge in [-0.05, 0) is 57.8 Å². The van der Waals surface area contributed by atoms with Crippen LogP contribution >= 0.6 is 0 Å². The number of ketones is 1. The van der Waals surface area contributed by atoms with Crippen LogP contribution in [0.15, 0.2) is 12.2 Å². The van der Waals surface area contributed by atoms with Crippen molar-refractivity contribution in [1.29, 1.82) is 0 Å². The van der Waals surface area contributed by atoms with Crippen molar-refractivity contribution >= 4 is 11.8 Å². The van der Waals surface area contributed by atoms with Crippen LogP contribution in [0.25, 0.3) is 0 Å². The fourth-order valence-electron chi connectivity index (χ4n) is 4.47. The topological polar surface area (TPSA) is 82.1 Å². The average Bonchev–Trinajstić information content (AvgIpc) is 3.08. The third-order valence-electron chi connectivity index (χ3n) is 6.27. The average molecular weight is 469 g/mol. The number of aliphatic hydroxyl groups excluding tert-OH is 1. The van der Waals surface area contributed by atoms with Gasteiger partial charge in [0.2, 0.25) is 0 Å². The summed E-state index contributed by atoms with van der Waals surface area (Å²) in [5, 5.41) is 9.73. The van der Waals surface area contributed by atoms with Crippen LogP contribution in [0, 0.1) is 17.8 Å². The molecule has 0 amide bonds. The normalized spacial score (nSPS) is 20.9. The van der Waals surface area contributed by atoms with Crippen molar-refractivity contribution in [3.63, 3.8) is 0 Å². The van der Waals surface area contributed by atoms with E-state index in [1.54, 1.807) is 0 Å². The van der Waals surface area contributed by atoms with Crippen molar-refractivity contribution in [2.24, 2.45) is 17.8 Å². The van der Waals surface area contributed by atoms with E-state index >= 15 is 0 Å². The summed E-state index contributed by atoms with van der Waals surface area (Å²) in [6.45, 7) is 8.53. The molecule has 0 saturated heterocycles. The highest BCUT2D eigenvalue weighted by Crippen LogP contribution is 2.38. The molecule has 1 saturated carbocycles. The molecule has 0 bridgehead atoms. The standard InChI is InChI=1S/C27H48O6/c1-4-5-6-9-12-16-31-18-19-32-17-15-24-23(21-28)20-26(29)25(24)13-10-7-8-11-14-27(30)33-22(2)3/h7,10,22-25,28H,4-6,8-9,11-21H2,1-3H3/t23?,24-,25?/m0/s1. The number of carbonyl (C=O) groups excluding carboxylic acids is 2. The Kier molecular flexibility index (Phi) is 17.2. The summed E-state index contributed by atoms with van der Waals surface area (Å²) < 4.78 is 16.5. The quantitative estimate of drug-likeness (QED) is 0.149. The van der Waals surface area contributed by atoms with Crippen LogP contribution in [0.1, 0.15) is 91.4 Å². The fraction of sp³-hybridized carbons (Fsp3) is 0.852. The Balaban J connectivity index is 2.22. The van der Waals surface area contributed by atoms with E-state index < -0.39 is 0 Å². The third kappa shape index (κ3) is 13.9. The van der Waals surface area contributed by atoms with Crippen LogP contribution in [0.3, 0.4) is 0 Å². The van der Waals surface area contributed by atoms with Crippen LogP contribution in [-0.4, -0.2) is 56.0 Å². The monoisotopic (exact) mass is 468 g/mol. The maximum Gasteiger partial charge on any atom is 0.306 e. The molecule has 1 aliphatic carbocycles.